The molecule has 2 fully saturated rings. The second-order valence-corrected chi connectivity index (χ2v) is 15.4. The van der Waals surface area contributed by atoms with Gasteiger partial charge in [0.1, 0.15) is 38.1 Å². The van der Waals surface area contributed by atoms with Gasteiger partial charge in [0.25, 0.3) is 0 Å². The standard InChI is InChI=1S/C44H51NO22/c1-20(46)56-18-33-35(60-22(3)48)37(61-23(4)49)40(64-26(7)52)43(66-33)67-36-34(19-57-21(2)47)65-42(39(63-25(6)51)38(36)62-24(5)50)58-17-32(41(53)54)45-44(55)59-16-31-29-14-10-8-12-27(29)28-13-9-11-15-30(28)31/h8-15,31-40,42-43H,16-19H2,1-7H3,(H,45,55)(H,53,54)/t32-,33-,34+,35+,36+,37+,38-,39+,40-,42+,43+/m0/s1. The van der Waals surface area contributed by atoms with Crippen LogP contribution in [0.4, 0.5) is 4.79 Å². The summed E-state index contributed by atoms with van der Waals surface area (Å²) in [6.45, 7) is 4.63. The molecule has 11 atom stereocenters. The lowest BCUT2D eigenvalue weighted by molar-refractivity contribution is -0.361. The number of fused-ring (bicyclic) bond motifs is 3. The Morgan fingerprint density at radius 3 is 1.42 bits per heavy atom. The molecule has 1 amide bonds. The Kier molecular flexibility index (Phi) is 17.7. The van der Waals surface area contributed by atoms with Gasteiger partial charge >= 0.3 is 53.8 Å². The number of aliphatic carboxylic acids is 1. The average molecular weight is 946 g/mol. The summed E-state index contributed by atoms with van der Waals surface area (Å²) in [6.07, 6.45) is -18.6. The maximum atomic E-state index is 13.2. The molecule has 0 saturated carbocycles. The molecule has 1 aliphatic carbocycles. The highest BCUT2D eigenvalue weighted by Crippen LogP contribution is 2.44. The molecule has 2 N–H and O–H groups in total. The Hall–Kier alpha value is -6.69. The first-order chi connectivity index (χ1) is 31.7. The van der Waals surface area contributed by atoms with Crippen molar-refractivity contribution in [3.63, 3.8) is 0 Å². The number of esters is 7. The molecule has 2 aromatic carbocycles. The first-order valence-corrected chi connectivity index (χ1v) is 20.8. The molecule has 2 aromatic rings. The molecule has 0 aromatic heterocycles. The number of hydrogen-bond donors (Lipinski definition) is 2. The summed E-state index contributed by atoms with van der Waals surface area (Å²) in [4.78, 5) is 112. The Morgan fingerprint density at radius 2 is 0.940 bits per heavy atom. The largest absolute Gasteiger partial charge is 0.480 e. The zero-order valence-electron chi connectivity index (χ0n) is 37.4. The van der Waals surface area contributed by atoms with E-state index in [0.717, 1.165) is 70.7 Å². The number of nitrogens with one attached hydrogen (secondary N) is 1. The number of carbonyl (C=O) groups excluding carboxylic acids is 8. The Morgan fingerprint density at radius 1 is 0.522 bits per heavy atom. The molecule has 364 valence electrons. The lowest BCUT2D eigenvalue weighted by Crippen LogP contribution is -2.67. The van der Waals surface area contributed by atoms with E-state index in [1.165, 1.54) is 0 Å². The van der Waals surface area contributed by atoms with Gasteiger partial charge in [-0.3, -0.25) is 33.6 Å². The molecule has 23 heteroatoms. The van der Waals surface area contributed by atoms with E-state index in [9.17, 15) is 48.3 Å². The van der Waals surface area contributed by atoms with Crippen LogP contribution in [0.3, 0.4) is 0 Å². The monoisotopic (exact) mass is 945 g/mol. The maximum Gasteiger partial charge on any atom is 0.407 e. The number of carbonyl (C=O) groups is 9. The smallest absolute Gasteiger partial charge is 0.407 e. The number of carboxylic acid groups (broad SMARTS) is 1. The van der Waals surface area contributed by atoms with Gasteiger partial charge in [-0.2, -0.15) is 0 Å². The Balaban J connectivity index is 1.43. The van der Waals surface area contributed by atoms with Crippen LogP contribution in [0.2, 0.25) is 0 Å². The van der Waals surface area contributed by atoms with Crippen molar-refractivity contribution in [3.8, 4) is 11.1 Å². The van der Waals surface area contributed by atoms with Gasteiger partial charge in [-0.15, -0.1) is 0 Å². The molecule has 0 bridgehead atoms. The van der Waals surface area contributed by atoms with Crippen LogP contribution < -0.4 is 5.32 Å². The number of hydrogen-bond acceptors (Lipinski definition) is 21. The third-order valence-corrected chi connectivity index (χ3v) is 10.2. The summed E-state index contributed by atoms with van der Waals surface area (Å²) in [5.41, 5.74) is 3.73. The molecule has 2 heterocycles. The summed E-state index contributed by atoms with van der Waals surface area (Å²) >= 11 is 0. The van der Waals surface area contributed by atoms with Gasteiger partial charge in [0, 0.05) is 54.4 Å². The summed E-state index contributed by atoms with van der Waals surface area (Å²) in [6, 6.07) is 13.3. The molecular weight excluding hydrogens is 894 g/mol. The minimum absolute atomic E-state index is 0.157. The zero-order chi connectivity index (χ0) is 49.1. The molecule has 0 spiro atoms. The fourth-order valence-electron chi connectivity index (χ4n) is 7.75. The molecular formula is C44H51NO22. The molecule has 5 rings (SSSR count). The van der Waals surface area contributed by atoms with Gasteiger partial charge in [0.05, 0.1) is 6.61 Å². The molecule has 67 heavy (non-hydrogen) atoms. The van der Waals surface area contributed by atoms with Crippen molar-refractivity contribution in [2.24, 2.45) is 0 Å². The summed E-state index contributed by atoms with van der Waals surface area (Å²) < 4.78 is 67.7. The Bertz CT molecular complexity index is 2130. The number of ether oxygens (including phenoxy) is 12. The van der Waals surface area contributed by atoms with Crippen molar-refractivity contribution in [2.75, 3.05) is 26.4 Å². The van der Waals surface area contributed by atoms with E-state index in [4.69, 9.17) is 56.8 Å². The van der Waals surface area contributed by atoms with Gasteiger partial charge in [0.2, 0.25) is 0 Å². The predicted molar refractivity (Wildman–Crippen MR) is 219 cm³/mol. The molecule has 3 aliphatic rings. The van der Waals surface area contributed by atoms with Gasteiger partial charge < -0.3 is 67.3 Å². The quantitative estimate of drug-likeness (QED) is 0.158. The van der Waals surface area contributed by atoms with Crippen molar-refractivity contribution in [1.82, 2.24) is 5.32 Å². The second kappa shape index (κ2) is 23.2. The summed E-state index contributed by atoms with van der Waals surface area (Å²) in [7, 11) is 0. The van der Waals surface area contributed by atoms with Crippen LogP contribution in [0.15, 0.2) is 48.5 Å². The lowest BCUT2D eigenvalue weighted by atomic mass is 9.96. The van der Waals surface area contributed by atoms with E-state index < -0.39 is 141 Å². The Labute approximate surface area is 382 Å². The first kappa shape index (κ1) is 51.3. The number of carboxylic acids is 1. The van der Waals surface area contributed by atoms with Gasteiger partial charge in [-0.25, -0.2) is 9.59 Å². The minimum Gasteiger partial charge on any atom is -0.480 e. The van der Waals surface area contributed by atoms with Crippen molar-refractivity contribution in [2.45, 2.75) is 122 Å². The van der Waals surface area contributed by atoms with E-state index in [-0.39, 0.29) is 12.5 Å². The molecule has 0 radical (unpaired) electrons. The van der Waals surface area contributed by atoms with Crippen LogP contribution in [-0.4, -0.2) is 153 Å². The normalized spacial score (nSPS) is 25.7. The highest BCUT2D eigenvalue weighted by Gasteiger charge is 2.58. The van der Waals surface area contributed by atoms with Gasteiger partial charge in [-0.05, 0) is 22.3 Å². The lowest BCUT2D eigenvalue weighted by Gasteiger charge is -2.48. The highest BCUT2D eigenvalue weighted by molar-refractivity contribution is 5.81. The fourth-order valence-corrected chi connectivity index (χ4v) is 7.75. The van der Waals surface area contributed by atoms with E-state index >= 15 is 0 Å². The third kappa shape index (κ3) is 13.7. The molecule has 0 unspecified atom stereocenters. The SMILES string of the molecule is CC(=O)OC[C@@H]1O[C@H](O[C@H]2[C@H](OC(C)=O)[C@@H](OC(C)=O)[C@H](OC[C@H](NC(=O)OCC3c4ccccc4-c4ccccc43)C(=O)O)O[C@@H]2COC(C)=O)[C@@H](OC(C)=O)[C@H](OC(C)=O)[C@@H]1OC(C)=O. The number of alkyl carbamates (subject to hydrolysis) is 1. The highest BCUT2D eigenvalue weighted by atomic mass is 16.8. The third-order valence-electron chi connectivity index (χ3n) is 10.2. The predicted octanol–water partition coefficient (Wildman–Crippen LogP) is 1.61. The van der Waals surface area contributed by atoms with Crippen LogP contribution in [-0.2, 0) is 95.2 Å². The van der Waals surface area contributed by atoms with Crippen molar-refractivity contribution < 1.29 is 105 Å². The van der Waals surface area contributed by atoms with Crippen molar-refractivity contribution in [1.29, 1.82) is 0 Å². The minimum atomic E-state index is -1.93. The van der Waals surface area contributed by atoms with Crippen LogP contribution in [0.1, 0.15) is 65.5 Å². The zero-order valence-corrected chi connectivity index (χ0v) is 37.4. The topological polar surface area (TPSA) is 297 Å². The van der Waals surface area contributed by atoms with E-state index in [0.29, 0.717) is 0 Å². The fraction of sp³-hybridized carbons (Fsp3) is 0.523. The second-order valence-electron chi connectivity index (χ2n) is 15.4. The van der Waals surface area contributed by atoms with Gasteiger partial charge in [-0.1, -0.05) is 48.5 Å². The average Bonchev–Trinajstić information content (AvgIpc) is 3.56. The van der Waals surface area contributed by atoms with E-state index in [1.54, 1.807) is 0 Å². The van der Waals surface area contributed by atoms with Crippen molar-refractivity contribution >= 4 is 53.8 Å². The van der Waals surface area contributed by atoms with Crippen LogP contribution >= 0.6 is 0 Å². The summed E-state index contributed by atoms with van der Waals surface area (Å²) in [5, 5.41) is 12.4. The number of benzene rings is 2. The van der Waals surface area contributed by atoms with Crippen LogP contribution in [0.5, 0.6) is 0 Å². The van der Waals surface area contributed by atoms with E-state index in [2.05, 4.69) is 5.32 Å². The number of rotatable bonds is 18. The van der Waals surface area contributed by atoms with Gasteiger partial charge in [0.15, 0.2) is 49.1 Å². The molecule has 23 nitrogen and oxygen atoms in total. The molecule has 2 saturated heterocycles. The molecule has 2 aliphatic heterocycles. The van der Waals surface area contributed by atoms with E-state index in [1.807, 2.05) is 48.5 Å². The first-order valence-electron chi connectivity index (χ1n) is 20.8. The maximum absolute atomic E-state index is 13.2. The van der Waals surface area contributed by atoms with Crippen LogP contribution in [0, 0.1) is 0 Å². The summed E-state index contributed by atoms with van der Waals surface area (Å²) in [5.74, 6) is -8.47. The number of amides is 1. The van der Waals surface area contributed by atoms with Crippen molar-refractivity contribution in [3.05, 3.63) is 59.7 Å². The van der Waals surface area contributed by atoms with Crippen LogP contribution in [0.25, 0.3) is 11.1 Å².